The molecule has 1 N–H and O–H groups in total. The van der Waals surface area contributed by atoms with Crippen LogP contribution in [0.5, 0.6) is 0 Å². The Hall–Kier alpha value is -0.900. The summed E-state index contributed by atoms with van der Waals surface area (Å²) < 4.78 is 0. The average molecular weight is 294 g/mol. The highest BCUT2D eigenvalue weighted by Crippen LogP contribution is 2.34. The molecular formula is C17H30N2O2. The van der Waals surface area contributed by atoms with E-state index in [0.717, 1.165) is 51.5 Å². The number of rotatable bonds is 6. The van der Waals surface area contributed by atoms with Crippen LogP contribution in [0.1, 0.15) is 65.7 Å². The number of Topliss-reactive ketones (excluding diaryl/α,β-unsaturated/α-hetero) is 1. The molecule has 0 aromatic carbocycles. The number of ketones is 1. The van der Waals surface area contributed by atoms with Crippen LogP contribution in [-0.2, 0) is 9.59 Å². The van der Waals surface area contributed by atoms with Crippen molar-refractivity contribution in [3.63, 3.8) is 0 Å². The Morgan fingerprint density at radius 2 is 2.10 bits per heavy atom. The molecule has 1 aliphatic heterocycles. The molecule has 1 saturated heterocycles. The van der Waals surface area contributed by atoms with E-state index < -0.39 is 0 Å². The molecule has 1 heterocycles. The molecule has 1 saturated carbocycles. The summed E-state index contributed by atoms with van der Waals surface area (Å²) >= 11 is 0. The van der Waals surface area contributed by atoms with Crippen molar-refractivity contribution in [3.05, 3.63) is 0 Å². The molecule has 0 bridgehead atoms. The highest BCUT2D eigenvalue weighted by atomic mass is 16.2. The van der Waals surface area contributed by atoms with Crippen molar-refractivity contribution in [2.75, 3.05) is 6.54 Å². The van der Waals surface area contributed by atoms with Crippen LogP contribution in [-0.4, -0.2) is 41.3 Å². The van der Waals surface area contributed by atoms with Crippen molar-refractivity contribution in [1.82, 2.24) is 10.2 Å². The fourth-order valence-corrected chi connectivity index (χ4v) is 4.00. The van der Waals surface area contributed by atoms with E-state index in [4.69, 9.17) is 0 Å². The maximum absolute atomic E-state index is 12.4. The standard InChI is InChI=1S/C17H30N2O2/c1-4-7-12(2)18-17(21)13(3)19-11-6-9-15(19)14-8-5-10-16(14)20/h12-15H,4-11H2,1-3H3,(H,18,21). The second kappa shape index (κ2) is 7.39. The van der Waals surface area contributed by atoms with Gasteiger partial charge >= 0.3 is 0 Å². The number of nitrogens with one attached hydrogen (secondary N) is 1. The molecule has 2 rings (SSSR count). The largest absolute Gasteiger partial charge is 0.352 e. The van der Waals surface area contributed by atoms with E-state index in [9.17, 15) is 9.59 Å². The molecule has 0 radical (unpaired) electrons. The first-order valence-electron chi connectivity index (χ1n) is 8.63. The quantitative estimate of drug-likeness (QED) is 0.819. The molecule has 2 aliphatic rings. The van der Waals surface area contributed by atoms with Crippen molar-refractivity contribution in [3.8, 4) is 0 Å². The second-order valence-corrected chi connectivity index (χ2v) is 6.79. The van der Waals surface area contributed by atoms with Crippen LogP contribution in [0.4, 0.5) is 0 Å². The summed E-state index contributed by atoms with van der Waals surface area (Å²) in [5.74, 6) is 0.711. The summed E-state index contributed by atoms with van der Waals surface area (Å²) in [6.45, 7) is 7.14. The molecule has 4 unspecified atom stereocenters. The number of carbonyl (C=O) groups excluding carboxylic acids is 2. The summed E-state index contributed by atoms with van der Waals surface area (Å²) in [5, 5.41) is 3.11. The third-order valence-electron chi connectivity index (χ3n) is 5.15. The Kier molecular flexibility index (Phi) is 5.80. The number of nitrogens with zero attached hydrogens (tertiary/aromatic N) is 1. The van der Waals surface area contributed by atoms with E-state index in [1.165, 1.54) is 0 Å². The molecule has 1 aliphatic carbocycles. The summed E-state index contributed by atoms with van der Waals surface area (Å²) in [6.07, 6.45) is 7.06. The monoisotopic (exact) mass is 294 g/mol. The van der Waals surface area contributed by atoms with E-state index in [1.54, 1.807) is 0 Å². The minimum absolute atomic E-state index is 0.119. The lowest BCUT2D eigenvalue weighted by atomic mass is 9.94. The van der Waals surface area contributed by atoms with Gasteiger partial charge in [-0.05, 0) is 52.5 Å². The summed E-state index contributed by atoms with van der Waals surface area (Å²) in [6, 6.07) is 0.409. The van der Waals surface area contributed by atoms with Crippen LogP contribution in [0.25, 0.3) is 0 Å². The van der Waals surface area contributed by atoms with Crippen molar-refractivity contribution < 1.29 is 9.59 Å². The number of hydrogen-bond donors (Lipinski definition) is 1. The topological polar surface area (TPSA) is 49.4 Å². The van der Waals surface area contributed by atoms with Crippen LogP contribution < -0.4 is 5.32 Å². The zero-order chi connectivity index (χ0) is 15.4. The Balaban J connectivity index is 1.95. The SMILES string of the molecule is CCCC(C)NC(=O)C(C)N1CCCC1C1CCCC1=O. The first kappa shape index (κ1) is 16.5. The molecule has 4 nitrogen and oxygen atoms in total. The van der Waals surface area contributed by atoms with Gasteiger partial charge in [0.1, 0.15) is 5.78 Å². The molecule has 120 valence electrons. The van der Waals surface area contributed by atoms with Crippen molar-refractivity contribution >= 4 is 11.7 Å². The summed E-state index contributed by atoms with van der Waals surface area (Å²) in [4.78, 5) is 26.7. The van der Waals surface area contributed by atoms with Crippen LogP contribution >= 0.6 is 0 Å². The summed E-state index contributed by atoms with van der Waals surface area (Å²) in [5.41, 5.74) is 0. The van der Waals surface area contributed by atoms with Gasteiger partial charge in [0.05, 0.1) is 6.04 Å². The van der Waals surface area contributed by atoms with E-state index in [1.807, 2.05) is 6.92 Å². The normalized spacial score (nSPS) is 29.6. The molecule has 21 heavy (non-hydrogen) atoms. The van der Waals surface area contributed by atoms with Crippen molar-refractivity contribution in [2.45, 2.75) is 83.8 Å². The molecule has 4 atom stereocenters. The number of likely N-dealkylation sites (tertiary alicyclic amines) is 1. The maximum Gasteiger partial charge on any atom is 0.237 e. The van der Waals surface area contributed by atoms with Crippen LogP contribution in [0.2, 0.25) is 0 Å². The molecular weight excluding hydrogens is 264 g/mol. The third-order valence-corrected chi connectivity index (χ3v) is 5.15. The van der Waals surface area contributed by atoms with Crippen LogP contribution in [0, 0.1) is 5.92 Å². The highest BCUT2D eigenvalue weighted by molar-refractivity contribution is 5.84. The van der Waals surface area contributed by atoms with Gasteiger partial charge in [0.15, 0.2) is 0 Å². The zero-order valence-electron chi connectivity index (χ0n) is 13.7. The number of carbonyl (C=O) groups is 2. The van der Waals surface area contributed by atoms with Gasteiger partial charge < -0.3 is 5.32 Å². The first-order valence-corrected chi connectivity index (χ1v) is 8.63. The molecule has 1 amide bonds. The molecule has 0 aromatic heterocycles. The Bertz CT molecular complexity index is 383. The number of amides is 1. The Morgan fingerprint density at radius 1 is 1.33 bits per heavy atom. The van der Waals surface area contributed by atoms with E-state index >= 15 is 0 Å². The van der Waals surface area contributed by atoms with Gasteiger partial charge in [-0.1, -0.05) is 13.3 Å². The fraction of sp³-hybridized carbons (Fsp3) is 0.882. The predicted molar refractivity (Wildman–Crippen MR) is 84.1 cm³/mol. The summed E-state index contributed by atoms with van der Waals surface area (Å²) in [7, 11) is 0. The first-order chi connectivity index (χ1) is 10.0. The minimum atomic E-state index is -0.120. The molecule has 2 fully saturated rings. The van der Waals surface area contributed by atoms with Gasteiger partial charge in [-0.25, -0.2) is 0 Å². The van der Waals surface area contributed by atoms with Gasteiger partial charge in [-0.2, -0.15) is 0 Å². The van der Waals surface area contributed by atoms with Crippen LogP contribution in [0.3, 0.4) is 0 Å². The minimum Gasteiger partial charge on any atom is -0.352 e. The van der Waals surface area contributed by atoms with Crippen LogP contribution in [0.15, 0.2) is 0 Å². The Morgan fingerprint density at radius 3 is 2.71 bits per heavy atom. The second-order valence-electron chi connectivity index (χ2n) is 6.79. The highest BCUT2D eigenvalue weighted by Gasteiger charge is 2.41. The predicted octanol–water partition coefficient (Wildman–Crippen LogP) is 2.51. The number of hydrogen-bond acceptors (Lipinski definition) is 3. The lowest BCUT2D eigenvalue weighted by molar-refractivity contribution is -0.129. The van der Waals surface area contributed by atoms with Gasteiger partial charge in [0.2, 0.25) is 5.91 Å². The fourth-order valence-electron chi connectivity index (χ4n) is 4.00. The molecule has 0 aromatic rings. The lowest BCUT2D eigenvalue weighted by Gasteiger charge is -2.33. The molecule has 0 spiro atoms. The van der Waals surface area contributed by atoms with E-state index in [0.29, 0.717) is 11.8 Å². The van der Waals surface area contributed by atoms with E-state index in [-0.39, 0.29) is 23.9 Å². The maximum atomic E-state index is 12.4. The van der Waals surface area contributed by atoms with Crippen molar-refractivity contribution in [2.24, 2.45) is 5.92 Å². The van der Waals surface area contributed by atoms with Gasteiger partial charge in [0, 0.05) is 24.4 Å². The third kappa shape index (κ3) is 3.85. The van der Waals surface area contributed by atoms with E-state index in [2.05, 4.69) is 24.1 Å². The molecule has 4 heteroatoms. The zero-order valence-corrected chi connectivity index (χ0v) is 13.7. The Labute approximate surface area is 128 Å². The van der Waals surface area contributed by atoms with Crippen molar-refractivity contribution in [1.29, 1.82) is 0 Å². The lowest BCUT2D eigenvalue weighted by Crippen LogP contribution is -2.51. The average Bonchev–Trinajstić information content (AvgIpc) is 3.05. The smallest absolute Gasteiger partial charge is 0.237 e. The van der Waals surface area contributed by atoms with Gasteiger partial charge in [0.25, 0.3) is 0 Å². The van der Waals surface area contributed by atoms with Gasteiger partial charge in [-0.3, -0.25) is 14.5 Å². The van der Waals surface area contributed by atoms with Gasteiger partial charge in [-0.15, -0.1) is 0 Å².